The molecule has 8 nitrogen and oxygen atoms in total. The maximum Gasteiger partial charge on any atom is 0.251 e. The average Bonchev–Trinajstić information content (AvgIpc) is 3.45. The molecule has 1 saturated heterocycles. The van der Waals surface area contributed by atoms with Crippen LogP contribution < -0.4 is 0 Å². The summed E-state index contributed by atoms with van der Waals surface area (Å²) in [6.07, 6.45) is 3.86. The minimum atomic E-state index is -0.729. The molecule has 4 rings (SSSR count). The van der Waals surface area contributed by atoms with Gasteiger partial charge in [0.25, 0.3) is 5.95 Å². The van der Waals surface area contributed by atoms with E-state index in [2.05, 4.69) is 31.8 Å². The summed E-state index contributed by atoms with van der Waals surface area (Å²) in [5, 5.41) is 17.6. The molecule has 3 aromatic heterocycles. The minimum Gasteiger partial charge on any atom is -0.378 e. The lowest BCUT2D eigenvalue weighted by Gasteiger charge is -2.37. The molecule has 1 N–H and O–H groups in total. The van der Waals surface area contributed by atoms with Gasteiger partial charge in [-0.1, -0.05) is 13.0 Å². The van der Waals surface area contributed by atoms with E-state index in [9.17, 15) is 5.11 Å². The Kier molecular flexibility index (Phi) is 6.86. The second-order valence-corrected chi connectivity index (χ2v) is 8.31. The highest BCUT2D eigenvalue weighted by atomic mass is 32.1. The lowest BCUT2D eigenvalue weighted by molar-refractivity contribution is -0.0284. The van der Waals surface area contributed by atoms with Crippen molar-refractivity contribution < 1.29 is 9.84 Å². The number of aromatic nitrogens is 4. The van der Waals surface area contributed by atoms with E-state index in [-0.39, 0.29) is 0 Å². The van der Waals surface area contributed by atoms with Crippen LogP contribution in [0.25, 0.3) is 16.5 Å². The van der Waals surface area contributed by atoms with Crippen molar-refractivity contribution in [2.24, 2.45) is 0 Å². The molecule has 0 spiro atoms. The van der Waals surface area contributed by atoms with Crippen LogP contribution in [0.2, 0.25) is 0 Å². The normalized spacial score (nSPS) is 16.8. The molecular weight excluding hydrogens is 400 g/mol. The van der Waals surface area contributed by atoms with Crippen molar-refractivity contribution in [1.29, 1.82) is 0 Å². The Morgan fingerprint density at radius 3 is 2.77 bits per heavy atom. The lowest BCUT2D eigenvalue weighted by atomic mass is 10.1. The molecule has 1 unspecified atom stereocenters. The smallest absolute Gasteiger partial charge is 0.251 e. The van der Waals surface area contributed by atoms with Gasteiger partial charge in [-0.25, -0.2) is 14.6 Å². The first-order valence-electron chi connectivity index (χ1n) is 10.3. The van der Waals surface area contributed by atoms with Crippen molar-refractivity contribution in [2.45, 2.75) is 26.2 Å². The zero-order valence-electron chi connectivity index (χ0n) is 17.4. The van der Waals surface area contributed by atoms with E-state index in [0.717, 1.165) is 61.0 Å². The first-order chi connectivity index (χ1) is 14.7. The fourth-order valence-electron chi connectivity index (χ4n) is 3.81. The third-order valence-electron chi connectivity index (χ3n) is 5.36. The highest BCUT2D eigenvalue weighted by Gasteiger charge is 2.27. The molecule has 1 aliphatic rings. The number of piperazine rings is 1. The first-order valence-corrected chi connectivity index (χ1v) is 11.2. The summed E-state index contributed by atoms with van der Waals surface area (Å²) in [6.45, 7) is 7.19. The predicted molar refractivity (Wildman–Crippen MR) is 116 cm³/mol. The summed E-state index contributed by atoms with van der Waals surface area (Å²) in [7, 11) is 1.64. The SMILES string of the molecule is CCCN1CCN(C(O)c2cnn(-c3nccc(-c4cccs4)n3)c2COC)CC1. The Hall–Kier alpha value is -2.17. The van der Waals surface area contributed by atoms with E-state index in [1.54, 1.807) is 35.5 Å². The maximum atomic E-state index is 11.1. The van der Waals surface area contributed by atoms with Gasteiger partial charge in [0.15, 0.2) is 0 Å². The van der Waals surface area contributed by atoms with Gasteiger partial charge in [-0.2, -0.15) is 5.10 Å². The molecule has 160 valence electrons. The van der Waals surface area contributed by atoms with Crippen molar-refractivity contribution in [2.75, 3.05) is 39.8 Å². The molecule has 1 atom stereocenters. The lowest BCUT2D eigenvalue weighted by Crippen LogP contribution is -2.47. The number of methoxy groups -OCH3 is 1. The van der Waals surface area contributed by atoms with Gasteiger partial charge in [-0.3, -0.25) is 4.90 Å². The van der Waals surface area contributed by atoms with Crippen molar-refractivity contribution in [3.63, 3.8) is 0 Å². The van der Waals surface area contributed by atoms with Crippen molar-refractivity contribution >= 4 is 11.3 Å². The molecular formula is C21H28N6O2S. The Morgan fingerprint density at radius 1 is 1.23 bits per heavy atom. The molecule has 0 aliphatic carbocycles. The summed E-state index contributed by atoms with van der Waals surface area (Å²) >= 11 is 1.63. The van der Waals surface area contributed by atoms with E-state index < -0.39 is 6.23 Å². The van der Waals surface area contributed by atoms with Gasteiger partial charge in [-0.15, -0.1) is 11.3 Å². The zero-order valence-corrected chi connectivity index (χ0v) is 18.3. The van der Waals surface area contributed by atoms with Crippen molar-refractivity contribution in [3.8, 4) is 16.5 Å². The van der Waals surface area contributed by atoms with Crippen LogP contribution in [-0.4, -0.2) is 74.5 Å². The van der Waals surface area contributed by atoms with Gasteiger partial charge in [-0.05, 0) is 30.5 Å². The summed E-state index contributed by atoms with van der Waals surface area (Å²) in [5.41, 5.74) is 2.36. The second-order valence-electron chi connectivity index (χ2n) is 7.36. The quantitative estimate of drug-likeness (QED) is 0.591. The second kappa shape index (κ2) is 9.76. The van der Waals surface area contributed by atoms with Gasteiger partial charge < -0.3 is 14.7 Å². The Labute approximate surface area is 180 Å². The van der Waals surface area contributed by atoms with Gasteiger partial charge in [0, 0.05) is 45.0 Å². The minimum absolute atomic E-state index is 0.314. The fourth-order valence-corrected chi connectivity index (χ4v) is 4.51. The number of thiophene rings is 1. The molecule has 0 bridgehead atoms. The van der Waals surface area contributed by atoms with Gasteiger partial charge in [0.1, 0.15) is 6.23 Å². The standard InChI is InChI=1S/C21H28N6O2S/c1-3-8-25-9-11-26(12-10-25)20(28)16-14-23-27(18(16)15-29-2)21-22-7-6-17(24-21)19-5-4-13-30-19/h4-7,13-14,20,28H,3,8-12,15H2,1-2H3. The third kappa shape index (κ3) is 4.45. The highest BCUT2D eigenvalue weighted by Crippen LogP contribution is 2.26. The number of rotatable bonds is 8. The number of nitrogens with zero attached hydrogens (tertiary/aromatic N) is 6. The number of ether oxygens (including phenoxy) is 1. The van der Waals surface area contributed by atoms with Crippen LogP contribution in [0, 0.1) is 0 Å². The van der Waals surface area contributed by atoms with Crippen LogP contribution in [-0.2, 0) is 11.3 Å². The number of aliphatic hydroxyl groups excluding tert-OH is 1. The largest absolute Gasteiger partial charge is 0.378 e. The molecule has 1 aliphatic heterocycles. The van der Waals surface area contributed by atoms with E-state index in [1.807, 2.05) is 23.6 Å². The molecule has 30 heavy (non-hydrogen) atoms. The number of hydrogen-bond donors (Lipinski definition) is 1. The first kappa shape index (κ1) is 21.1. The Morgan fingerprint density at radius 2 is 2.07 bits per heavy atom. The molecule has 3 aromatic rings. The summed E-state index contributed by atoms with van der Waals surface area (Å²) in [6, 6.07) is 5.92. The van der Waals surface area contributed by atoms with E-state index in [4.69, 9.17) is 4.74 Å². The van der Waals surface area contributed by atoms with Gasteiger partial charge >= 0.3 is 0 Å². The molecule has 4 heterocycles. The summed E-state index contributed by atoms with van der Waals surface area (Å²) < 4.78 is 7.10. The third-order valence-corrected chi connectivity index (χ3v) is 6.25. The van der Waals surface area contributed by atoms with Crippen LogP contribution in [0.15, 0.2) is 36.0 Å². The van der Waals surface area contributed by atoms with Crippen LogP contribution >= 0.6 is 11.3 Å². The van der Waals surface area contributed by atoms with Crippen LogP contribution in [0.3, 0.4) is 0 Å². The van der Waals surface area contributed by atoms with Crippen LogP contribution in [0.1, 0.15) is 30.8 Å². The highest BCUT2D eigenvalue weighted by molar-refractivity contribution is 7.13. The Balaban J connectivity index is 1.59. The molecule has 0 radical (unpaired) electrons. The van der Waals surface area contributed by atoms with E-state index >= 15 is 0 Å². The zero-order chi connectivity index (χ0) is 20.9. The van der Waals surface area contributed by atoms with E-state index in [0.29, 0.717) is 12.6 Å². The molecule has 0 aromatic carbocycles. The number of hydrogen-bond acceptors (Lipinski definition) is 8. The Bertz CT molecular complexity index is 937. The fraction of sp³-hybridized carbons (Fsp3) is 0.476. The molecule has 9 heteroatoms. The molecule has 0 amide bonds. The predicted octanol–water partition coefficient (Wildman–Crippen LogP) is 2.56. The molecule has 1 fully saturated rings. The van der Waals surface area contributed by atoms with Gasteiger partial charge in [0.2, 0.25) is 0 Å². The monoisotopic (exact) mass is 428 g/mol. The van der Waals surface area contributed by atoms with Crippen LogP contribution in [0.4, 0.5) is 0 Å². The van der Waals surface area contributed by atoms with Gasteiger partial charge in [0.05, 0.1) is 29.1 Å². The van der Waals surface area contributed by atoms with Crippen LogP contribution in [0.5, 0.6) is 0 Å². The average molecular weight is 429 g/mol. The maximum absolute atomic E-state index is 11.1. The summed E-state index contributed by atoms with van der Waals surface area (Å²) in [4.78, 5) is 14.7. The van der Waals surface area contributed by atoms with E-state index in [1.165, 1.54) is 0 Å². The topological polar surface area (TPSA) is 79.5 Å². The van der Waals surface area contributed by atoms with Crippen molar-refractivity contribution in [3.05, 3.63) is 47.2 Å². The molecule has 0 saturated carbocycles. The number of aliphatic hydroxyl groups is 1. The van der Waals surface area contributed by atoms with Crippen molar-refractivity contribution in [1.82, 2.24) is 29.5 Å². The summed E-state index contributed by atoms with van der Waals surface area (Å²) in [5.74, 6) is 0.471.